The Kier molecular flexibility index (Phi) is 2.68. The van der Waals surface area contributed by atoms with Crippen LogP contribution in [0.2, 0.25) is 0 Å². The van der Waals surface area contributed by atoms with E-state index in [9.17, 15) is 17.6 Å². The first kappa shape index (κ1) is 11.7. The van der Waals surface area contributed by atoms with E-state index >= 15 is 0 Å². The van der Waals surface area contributed by atoms with Gasteiger partial charge >= 0.3 is 6.18 Å². The number of nitrogens with one attached hydrogen (secondary N) is 1. The topological polar surface area (TPSA) is 50.4 Å². The number of rotatable bonds is 1. The van der Waals surface area contributed by atoms with Gasteiger partial charge in [0.05, 0.1) is 18.2 Å². The standard InChI is InChI=1S/C10H9F4N3/c11-7-2-5(8-4-16-9(15)17-8)1-6(3-7)10(12,13)14/h1-3,8H,4H2,(H3,15,16,17). The minimum Gasteiger partial charge on any atom is -0.370 e. The second kappa shape index (κ2) is 3.90. The Morgan fingerprint density at radius 1 is 1.29 bits per heavy atom. The highest BCUT2D eigenvalue weighted by Gasteiger charge is 2.32. The van der Waals surface area contributed by atoms with E-state index in [0.717, 1.165) is 12.1 Å². The molecular formula is C10H9F4N3. The lowest BCUT2D eigenvalue weighted by atomic mass is 10.0. The largest absolute Gasteiger partial charge is 0.416 e. The SMILES string of the molecule is NC1=NCC(c2cc(F)cc(C(F)(F)F)c2)N1. The fraction of sp³-hybridized carbons (Fsp3) is 0.300. The molecule has 0 aromatic heterocycles. The van der Waals surface area contributed by atoms with E-state index in [1.807, 2.05) is 0 Å². The highest BCUT2D eigenvalue weighted by atomic mass is 19.4. The first-order valence-corrected chi connectivity index (χ1v) is 4.80. The number of guanidine groups is 1. The summed E-state index contributed by atoms with van der Waals surface area (Å²) in [5, 5.41) is 2.67. The number of halogens is 4. The van der Waals surface area contributed by atoms with Gasteiger partial charge in [0, 0.05) is 0 Å². The number of aliphatic imine (C=N–C) groups is 1. The molecule has 3 N–H and O–H groups in total. The first-order valence-electron chi connectivity index (χ1n) is 4.80. The van der Waals surface area contributed by atoms with E-state index in [2.05, 4.69) is 10.3 Å². The lowest BCUT2D eigenvalue weighted by Gasteiger charge is -2.14. The second-order valence-corrected chi connectivity index (χ2v) is 3.69. The lowest BCUT2D eigenvalue weighted by molar-refractivity contribution is -0.137. The monoisotopic (exact) mass is 247 g/mol. The van der Waals surface area contributed by atoms with E-state index in [1.54, 1.807) is 0 Å². The fourth-order valence-corrected chi connectivity index (χ4v) is 1.63. The van der Waals surface area contributed by atoms with E-state index in [4.69, 9.17) is 5.73 Å². The maximum Gasteiger partial charge on any atom is 0.416 e. The van der Waals surface area contributed by atoms with E-state index < -0.39 is 23.6 Å². The Hall–Kier alpha value is -1.79. The summed E-state index contributed by atoms with van der Waals surface area (Å²) in [4.78, 5) is 3.80. The van der Waals surface area contributed by atoms with Crippen molar-refractivity contribution in [2.75, 3.05) is 6.54 Å². The van der Waals surface area contributed by atoms with Gasteiger partial charge in [-0.2, -0.15) is 13.2 Å². The van der Waals surface area contributed by atoms with Gasteiger partial charge in [-0.3, -0.25) is 4.99 Å². The number of benzene rings is 1. The van der Waals surface area contributed by atoms with Crippen LogP contribution in [0.3, 0.4) is 0 Å². The van der Waals surface area contributed by atoms with Crippen LogP contribution in [-0.2, 0) is 6.18 Å². The predicted octanol–water partition coefficient (Wildman–Crippen LogP) is 1.80. The van der Waals surface area contributed by atoms with Crippen molar-refractivity contribution in [1.82, 2.24) is 5.32 Å². The number of nitrogens with two attached hydrogens (primary N) is 1. The van der Waals surface area contributed by atoms with Crippen LogP contribution in [0, 0.1) is 5.82 Å². The molecule has 0 bridgehead atoms. The molecule has 7 heteroatoms. The molecule has 1 aromatic carbocycles. The summed E-state index contributed by atoms with van der Waals surface area (Å²) in [6, 6.07) is 1.89. The molecular weight excluding hydrogens is 238 g/mol. The molecule has 92 valence electrons. The summed E-state index contributed by atoms with van der Waals surface area (Å²) in [5.41, 5.74) is 4.52. The van der Waals surface area contributed by atoms with Crippen LogP contribution in [0.25, 0.3) is 0 Å². The Morgan fingerprint density at radius 3 is 2.53 bits per heavy atom. The smallest absolute Gasteiger partial charge is 0.370 e. The van der Waals surface area contributed by atoms with Crippen molar-refractivity contribution in [1.29, 1.82) is 0 Å². The molecule has 1 unspecified atom stereocenters. The summed E-state index contributed by atoms with van der Waals surface area (Å²) < 4.78 is 50.5. The van der Waals surface area contributed by atoms with Crippen molar-refractivity contribution < 1.29 is 17.6 Å². The molecule has 0 fully saturated rings. The van der Waals surface area contributed by atoms with Crippen molar-refractivity contribution in [2.24, 2.45) is 10.7 Å². The molecule has 1 heterocycles. The van der Waals surface area contributed by atoms with Gasteiger partial charge in [0.2, 0.25) is 0 Å². The molecule has 3 nitrogen and oxygen atoms in total. The summed E-state index contributed by atoms with van der Waals surface area (Å²) in [7, 11) is 0. The number of hydrogen-bond donors (Lipinski definition) is 2. The number of nitrogens with zero attached hydrogens (tertiary/aromatic N) is 1. The number of alkyl halides is 3. The molecule has 17 heavy (non-hydrogen) atoms. The van der Waals surface area contributed by atoms with Crippen molar-refractivity contribution in [2.45, 2.75) is 12.2 Å². The van der Waals surface area contributed by atoms with Gasteiger partial charge in [-0.05, 0) is 23.8 Å². The predicted molar refractivity (Wildman–Crippen MR) is 53.8 cm³/mol. The highest BCUT2D eigenvalue weighted by Crippen LogP contribution is 2.32. The summed E-state index contributed by atoms with van der Waals surface area (Å²) in [5.74, 6) is -0.782. The third kappa shape index (κ3) is 2.48. The normalized spacial score (nSPS) is 20.0. The minimum atomic E-state index is -4.57. The van der Waals surface area contributed by atoms with Crippen LogP contribution in [-0.4, -0.2) is 12.5 Å². The quantitative estimate of drug-likeness (QED) is 0.743. The van der Waals surface area contributed by atoms with Crippen molar-refractivity contribution in [3.63, 3.8) is 0 Å². The Morgan fingerprint density at radius 2 is 2.00 bits per heavy atom. The zero-order valence-electron chi connectivity index (χ0n) is 8.55. The molecule has 1 aromatic rings. The minimum absolute atomic E-state index is 0.146. The third-order valence-corrected chi connectivity index (χ3v) is 2.42. The molecule has 1 aliphatic rings. The second-order valence-electron chi connectivity index (χ2n) is 3.69. The van der Waals surface area contributed by atoms with Gasteiger partial charge < -0.3 is 11.1 Å². The van der Waals surface area contributed by atoms with Crippen LogP contribution in [0.5, 0.6) is 0 Å². The summed E-state index contributed by atoms with van der Waals surface area (Å²) >= 11 is 0. The van der Waals surface area contributed by atoms with Crippen LogP contribution in [0.1, 0.15) is 17.2 Å². The highest BCUT2D eigenvalue weighted by molar-refractivity contribution is 5.80. The summed E-state index contributed by atoms with van der Waals surface area (Å²) in [6.07, 6.45) is -4.57. The lowest BCUT2D eigenvalue weighted by Crippen LogP contribution is -2.29. The molecule has 0 aliphatic carbocycles. The van der Waals surface area contributed by atoms with Gasteiger partial charge in [0.15, 0.2) is 5.96 Å². The van der Waals surface area contributed by atoms with E-state index in [1.165, 1.54) is 0 Å². The Balaban J connectivity index is 2.33. The Bertz CT molecular complexity index is 467. The van der Waals surface area contributed by atoms with Crippen LogP contribution in [0.4, 0.5) is 17.6 Å². The van der Waals surface area contributed by atoms with Gasteiger partial charge in [-0.15, -0.1) is 0 Å². The van der Waals surface area contributed by atoms with Crippen molar-refractivity contribution in [3.8, 4) is 0 Å². The first-order chi connectivity index (χ1) is 7.86. The molecule has 0 saturated carbocycles. The van der Waals surface area contributed by atoms with Crippen LogP contribution >= 0.6 is 0 Å². The molecule has 0 saturated heterocycles. The third-order valence-electron chi connectivity index (χ3n) is 2.42. The van der Waals surface area contributed by atoms with Crippen LogP contribution in [0.15, 0.2) is 23.2 Å². The zero-order chi connectivity index (χ0) is 12.6. The molecule has 0 amide bonds. The average Bonchev–Trinajstić information content (AvgIpc) is 2.62. The molecule has 2 rings (SSSR count). The number of hydrogen-bond acceptors (Lipinski definition) is 3. The fourth-order valence-electron chi connectivity index (χ4n) is 1.63. The zero-order valence-corrected chi connectivity index (χ0v) is 8.55. The van der Waals surface area contributed by atoms with Gasteiger partial charge in [0.1, 0.15) is 5.82 Å². The average molecular weight is 247 g/mol. The molecule has 1 aliphatic heterocycles. The molecule has 1 atom stereocenters. The van der Waals surface area contributed by atoms with Crippen molar-refractivity contribution >= 4 is 5.96 Å². The van der Waals surface area contributed by atoms with Crippen LogP contribution < -0.4 is 11.1 Å². The van der Waals surface area contributed by atoms with Gasteiger partial charge in [-0.25, -0.2) is 4.39 Å². The maximum absolute atomic E-state index is 13.1. The molecule has 0 radical (unpaired) electrons. The van der Waals surface area contributed by atoms with Gasteiger partial charge in [-0.1, -0.05) is 0 Å². The van der Waals surface area contributed by atoms with Gasteiger partial charge in [0.25, 0.3) is 0 Å². The molecule has 0 spiro atoms. The van der Waals surface area contributed by atoms with E-state index in [-0.39, 0.29) is 18.1 Å². The summed E-state index contributed by atoms with van der Waals surface area (Å²) in [6.45, 7) is 0.201. The van der Waals surface area contributed by atoms with E-state index in [0.29, 0.717) is 6.07 Å². The maximum atomic E-state index is 13.1. The Labute approximate surface area is 94.3 Å². The van der Waals surface area contributed by atoms with Crippen molar-refractivity contribution in [3.05, 3.63) is 35.1 Å².